The number of nitrogens with zero attached hydrogens (tertiary/aromatic N) is 1. The van der Waals surface area contributed by atoms with Crippen LogP contribution in [0.1, 0.15) is 12.5 Å². The molecule has 1 aromatic rings. The van der Waals surface area contributed by atoms with E-state index in [-0.39, 0.29) is 22.5 Å². The van der Waals surface area contributed by atoms with Gasteiger partial charge in [-0.2, -0.15) is 17.0 Å². The first-order chi connectivity index (χ1) is 9.90. The second-order valence-corrected chi connectivity index (χ2v) is 7.72. The second-order valence-electron chi connectivity index (χ2n) is 4.46. The van der Waals surface area contributed by atoms with E-state index < -0.39 is 9.84 Å². The third-order valence-electron chi connectivity index (χ3n) is 2.79. The van der Waals surface area contributed by atoms with Gasteiger partial charge in [0.1, 0.15) is 0 Å². The highest BCUT2D eigenvalue weighted by Crippen LogP contribution is 2.16. The third-order valence-corrected chi connectivity index (χ3v) is 5.99. The summed E-state index contributed by atoms with van der Waals surface area (Å²) in [6.07, 6.45) is 0. The summed E-state index contributed by atoms with van der Waals surface area (Å²) in [5.41, 5.74) is 0.322. The lowest BCUT2D eigenvalue weighted by molar-refractivity contribution is -0.143. The molecule has 0 N–H and O–H groups in total. The zero-order chi connectivity index (χ0) is 15.9. The first kappa shape index (κ1) is 17.5. The van der Waals surface area contributed by atoms with E-state index in [1.165, 1.54) is 31.0 Å². The van der Waals surface area contributed by atoms with Crippen molar-refractivity contribution in [3.8, 4) is 6.07 Å². The zero-order valence-corrected chi connectivity index (χ0v) is 13.5. The Labute approximate surface area is 129 Å². The van der Waals surface area contributed by atoms with Crippen LogP contribution in [0.3, 0.4) is 0 Å². The molecular weight excluding hydrogens is 310 g/mol. The lowest BCUT2D eigenvalue weighted by atomic mass is 10.2. The Balaban J connectivity index is 2.54. The minimum absolute atomic E-state index is 0.0273. The van der Waals surface area contributed by atoms with E-state index in [0.29, 0.717) is 17.1 Å². The van der Waals surface area contributed by atoms with E-state index in [9.17, 15) is 13.2 Å². The maximum absolute atomic E-state index is 12.1. The van der Waals surface area contributed by atoms with Crippen LogP contribution in [0.15, 0.2) is 29.2 Å². The fourth-order valence-electron chi connectivity index (χ4n) is 1.57. The molecule has 0 saturated carbocycles. The van der Waals surface area contributed by atoms with E-state index in [1.54, 1.807) is 19.1 Å². The number of methoxy groups -OCH3 is 1. The average Bonchev–Trinajstić information content (AvgIpc) is 2.50. The molecule has 0 bridgehead atoms. The topological polar surface area (TPSA) is 84.2 Å². The minimum atomic E-state index is -3.40. The first-order valence-electron chi connectivity index (χ1n) is 6.29. The number of carbonyl (C=O) groups excluding carboxylic acids is 1. The summed E-state index contributed by atoms with van der Waals surface area (Å²) in [4.78, 5) is 11.4. The number of sulfone groups is 1. The van der Waals surface area contributed by atoms with Crippen LogP contribution >= 0.6 is 11.8 Å². The van der Waals surface area contributed by atoms with Crippen LogP contribution < -0.4 is 0 Å². The highest BCUT2D eigenvalue weighted by Gasteiger charge is 2.16. The third kappa shape index (κ3) is 5.40. The molecule has 0 aliphatic heterocycles. The van der Waals surface area contributed by atoms with Gasteiger partial charge in [0.05, 0.1) is 35.3 Å². The molecule has 0 fully saturated rings. The van der Waals surface area contributed by atoms with Gasteiger partial charge in [-0.25, -0.2) is 8.42 Å². The van der Waals surface area contributed by atoms with E-state index >= 15 is 0 Å². The van der Waals surface area contributed by atoms with Crippen LogP contribution in [0.2, 0.25) is 0 Å². The summed E-state index contributed by atoms with van der Waals surface area (Å²) in [5, 5.41) is 8.79. The molecule has 21 heavy (non-hydrogen) atoms. The standard InChI is InChI=1S/C14H17NO4S2/c1-11(14(16)19-2)10-20-6-7-21(17,18)13-5-3-4-12(8-13)9-15/h3-5,8,11H,6-7,10H2,1-2H3. The van der Waals surface area contributed by atoms with Crippen molar-refractivity contribution in [1.82, 2.24) is 0 Å². The fraction of sp³-hybridized carbons (Fsp3) is 0.429. The molecule has 0 aliphatic rings. The molecule has 1 rings (SSSR count). The van der Waals surface area contributed by atoms with E-state index in [4.69, 9.17) is 5.26 Å². The van der Waals surface area contributed by atoms with Crippen LogP contribution in [-0.4, -0.2) is 38.8 Å². The Kier molecular flexibility index (Phi) is 6.72. The molecule has 0 saturated heterocycles. The number of rotatable bonds is 7. The van der Waals surface area contributed by atoms with Crippen molar-refractivity contribution in [3.05, 3.63) is 29.8 Å². The average molecular weight is 327 g/mol. The summed E-state index contributed by atoms with van der Waals surface area (Å²) in [6, 6.07) is 7.89. The maximum atomic E-state index is 12.1. The van der Waals surface area contributed by atoms with Gasteiger partial charge in [0.2, 0.25) is 0 Å². The molecule has 114 valence electrons. The van der Waals surface area contributed by atoms with Gasteiger partial charge < -0.3 is 4.74 Å². The van der Waals surface area contributed by atoms with E-state index in [1.807, 2.05) is 6.07 Å². The summed E-state index contributed by atoms with van der Waals surface area (Å²) < 4.78 is 28.8. The van der Waals surface area contributed by atoms with Crippen molar-refractivity contribution in [2.45, 2.75) is 11.8 Å². The van der Waals surface area contributed by atoms with Gasteiger partial charge in [-0.15, -0.1) is 0 Å². The molecule has 1 aromatic carbocycles. The smallest absolute Gasteiger partial charge is 0.309 e. The van der Waals surface area contributed by atoms with Gasteiger partial charge >= 0.3 is 5.97 Å². The summed E-state index contributed by atoms with van der Waals surface area (Å²) in [7, 11) is -2.08. The predicted octanol–water partition coefficient (Wildman–Crippen LogP) is 1.87. The Bertz CT molecular complexity index is 635. The molecule has 0 heterocycles. The molecule has 1 unspecified atom stereocenters. The Morgan fingerprint density at radius 2 is 2.19 bits per heavy atom. The molecule has 0 radical (unpaired) electrons. The predicted molar refractivity (Wildman–Crippen MR) is 81.7 cm³/mol. The number of benzene rings is 1. The quantitative estimate of drug-likeness (QED) is 0.561. The number of hydrogen-bond acceptors (Lipinski definition) is 6. The Morgan fingerprint density at radius 1 is 1.48 bits per heavy atom. The van der Waals surface area contributed by atoms with E-state index in [2.05, 4.69) is 4.74 Å². The van der Waals surface area contributed by atoms with E-state index in [0.717, 1.165) is 0 Å². The Hall–Kier alpha value is -1.52. The van der Waals surface area contributed by atoms with Crippen molar-refractivity contribution in [3.63, 3.8) is 0 Å². The molecule has 0 spiro atoms. The lowest BCUT2D eigenvalue weighted by Gasteiger charge is -2.09. The SMILES string of the molecule is COC(=O)C(C)CSCCS(=O)(=O)c1cccc(C#N)c1. The molecule has 1 atom stereocenters. The minimum Gasteiger partial charge on any atom is -0.469 e. The highest BCUT2D eigenvalue weighted by molar-refractivity contribution is 8.00. The molecular formula is C14H17NO4S2. The van der Waals surface area contributed by atoms with Crippen LogP contribution in [-0.2, 0) is 19.4 Å². The van der Waals surface area contributed by atoms with Crippen molar-refractivity contribution < 1.29 is 17.9 Å². The van der Waals surface area contributed by atoms with Gasteiger partial charge in [-0.05, 0) is 18.2 Å². The van der Waals surface area contributed by atoms with Crippen molar-refractivity contribution >= 4 is 27.6 Å². The maximum Gasteiger partial charge on any atom is 0.309 e. The lowest BCUT2D eigenvalue weighted by Crippen LogP contribution is -2.16. The largest absolute Gasteiger partial charge is 0.469 e. The van der Waals surface area contributed by atoms with Crippen molar-refractivity contribution in [1.29, 1.82) is 5.26 Å². The van der Waals surface area contributed by atoms with Gasteiger partial charge in [-0.3, -0.25) is 4.79 Å². The summed E-state index contributed by atoms with van der Waals surface area (Å²) >= 11 is 1.39. The molecule has 5 nitrogen and oxygen atoms in total. The van der Waals surface area contributed by atoms with Gasteiger partial charge in [0.25, 0.3) is 0 Å². The fourth-order valence-corrected chi connectivity index (χ4v) is 4.41. The van der Waals surface area contributed by atoms with Crippen LogP contribution in [0.25, 0.3) is 0 Å². The number of ether oxygens (including phenoxy) is 1. The van der Waals surface area contributed by atoms with Crippen molar-refractivity contribution in [2.75, 3.05) is 24.4 Å². The normalized spacial score (nSPS) is 12.4. The molecule has 0 aromatic heterocycles. The Morgan fingerprint density at radius 3 is 2.81 bits per heavy atom. The summed E-state index contributed by atoms with van der Waals surface area (Å²) in [5.74, 6) is 0.318. The number of thioether (sulfide) groups is 1. The highest BCUT2D eigenvalue weighted by atomic mass is 32.2. The molecule has 7 heteroatoms. The number of nitriles is 1. The van der Waals surface area contributed by atoms with Crippen LogP contribution in [0.4, 0.5) is 0 Å². The molecule has 0 amide bonds. The number of esters is 1. The van der Waals surface area contributed by atoms with Gasteiger partial charge in [0.15, 0.2) is 9.84 Å². The van der Waals surface area contributed by atoms with Crippen LogP contribution in [0, 0.1) is 17.2 Å². The zero-order valence-electron chi connectivity index (χ0n) is 11.9. The first-order valence-corrected chi connectivity index (χ1v) is 9.10. The van der Waals surface area contributed by atoms with Gasteiger partial charge in [-0.1, -0.05) is 13.0 Å². The number of hydrogen-bond donors (Lipinski definition) is 0. The monoisotopic (exact) mass is 327 g/mol. The second kappa shape index (κ2) is 8.05. The van der Waals surface area contributed by atoms with Gasteiger partial charge in [0, 0.05) is 11.5 Å². The summed E-state index contributed by atoms with van der Waals surface area (Å²) in [6.45, 7) is 1.74. The number of carbonyl (C=O) groups is 1. The molecule has 0 aliphatic carbocycles. The van der Waals surface area contributed by atoms with Crippen LogP contribution in [0.5, 0.6) is 0 Å². The van der Waals surface area contributed by atoms with Crippen molar-refractivity contribution in [2.24, 2.45) is 5.92 Å².